The predicted molar refractivity (Wildman–Crippen MR) is 119 cm³/mol. The number of carbonyl (C=O) groups is 1. The minimum Gasteiger partial charge on any atom is -0.355 e. The van der Waals surface area contributed by atoms with E-state index in [0.717, 1.165) is 64.4 Å². The van der Waals surface area contributed by atoms with E-state index >= 15 is 0 Å². The zero-order chi connectivity index (χ0) is 20.2. The van der Waals surface area contributed by atoms with Gasteiger partial charge in [-0.25, -0.2) is 0 Å². The second kappa shape index (κ2) is 9.47. The van der Waals surface area contributed by atoms with E-state index in [2.05, 4.69) is 43.8 Å². The van der Waals surface area contributed by atoms with E-state index in [-0.39, 0.29) is 5.92 Å². The number of thiophene rings is 1. The molecule has 29 heavy (non-hydrogen) atoms. The van der Waals surface area contributed by atoms with Crippen LogP contribution in [0.25, 0.3) is 0 Å². The summed E-state index contributed by atoms with van der Waals surface area (Å²) in [5.41, 5.74) is 1.49. The summed E-state index contributed by atoms with van der Waals surface area (Å²) < 4.78 is 0. The molecule has 2 N–H and O–H groups in total. The van der Waals surface area contributed by atoms with Crippen LogP contribution in [0.1, 0.15) is 49.5 Å². The van der Waals surface area contributed by atoms with E-state index in [1.165, 1.54) is 18.4 Å². The van der Waals surface area contributed by atoms with Gasteiger partial charge in [0.05, 0.1) is 0 Å². The molecule has 4 rings (SSSR count). The second-order valence-corrected chi connectivity index (χ2v) is 9.79. The van der Waals surface area contributed by atoms with Gasteiger partial charge in [-0.1, -0.05) is 12.8 Å². The van der Waals surface area contributed by atoms with Crippen molar-refractivity contribution in [3.05, 3.63) is 21.9 Å². The summed E-state index contributed by atoms with van der Waals surface area (Å²) >= 11 is 1.89. The van der Waals surface area contributed by atoms with Crippen LogP contribution >= 0.6 is 11.3 Å². The summed E-state index contributed by atoms with van der Waals surface area (Å²) in [6, 6.07) is 3.02. The Kier molecular flexibility index (Phi) is 6.75. The van der Waals surface area contributed by atoms with Gasteiger partial charge in [0.1, 0.15) is 0 Å². The van der Waals surface area contributed by atoms with E-state index in [4.69, 9.17) is 0 Å². The molecular formula is C22H35N5OS. The van der Waals surface area contributed by atoms with Crippen LogP contribution in [0.3, 0.4) is 0 Å². The largest absolute Gasteiger partial charge is 0.355 e. The Morgan fingerprint density at radius 2 is 2.14 bits per heavy atom. The van der Waals surface area contributed by atoms with E-state index < -0.39 is 0 Å². The average Bonchev–Trinajstić information content (AvgIpc) is 3.51. The Labute approximate surface area is 178 Å². The molecule has 0 radical (unpaired) electrons. The molecule has 7 heteroatoms. The molecule has 2 unspecified atom stereocenters. The van der Waals surface area contributed by atoms with Crippen LogP contribution in [0.15, 0.2) is 16.4 Å². The van der Waals surface area contributed by atoms with E-state index in [0.29, 0.717) is 18.0 Å². The first-order valence-electron chi connectivity index (χ1n) is 11.2. The van der Waals surface area contributed by atoms with Crippen molar-refractivity contribution in [2.45, 2.75) is 64.1 Å². The number of aliphatic imine (C=N–C) groups is 1. The molecule has 3 heterocycles. The van der Waals surface area contributed by atoms with Gasteiger partial charge in [-0.2, -0.15) is 0 Å². The Morgan fingerprint density at radius 3 is 2.93 bits per heavy atom. The van der Waals surface area contributed by atoms with Crippen LogP contribution in [-0.2, 0) is 17.8 Å². The van der Waals surface area contributed by atoms with Crippen molar-refractivity contribution in [3.63, 3.8) is 0 Å². The summed E-state index contributed by atoms with van der Waals surface area (Å²) in [6.45, 7) is 7.01. The van der Waals surface area contributed by atoms with Crippen LogP contribution in [0.2, 0.25) is 0 Å². The number of nitrogens with one attached hydrogen (secondary N) is 2. The number of rotatable bonds is 5. The topological polar surface area (TPSA) is 60.0 Å². The maximum atomic E-state index is 12.7. The third kappa shape index (κ3) is 4.94. The Morgan fingerprint density at radius 1 is 1.31 bits per heavy atom. The molecule has 1 amide bonds. The predicted octanol–water partition coefficient (Wildman–Crippen LogP) is 2.45. The van der Waals surface area contributed by atoms with Gasteiger partial charge in [0.15, 0.2) is 5.96 Å². The van der Waals surface area contributed by atoms with Crippen molar-refractivity contribution in [3.8, 4) is 0 Å². The van der Waals surface area contributed by atoms with Gasteiger partial charge in [0, 0.05) is 62.7 Å². The molecule has 1 aromatic rings. The molecule has 160 valence electrons. The summed E-state index contributed by atoms with van der Waals surface area (Å²) in [6.07, 6.45) is 6.76. The molecule has 1 saturated heterocycles. The lowest BCUT2D eigenvalue weighted by molar-refractivity contribution is -0.134. The van der Waals surface area contributed by atoms with Crippen LogP contribution in [-0.4, -0.2) is 67.0 Å². The Balaban J connectivity index is 1.21. The first kappa shape index (κ1) is 20.7. The van der Waals surface area contributed by atoms with Crippen LogP contribution in [0, 0.1) is 5.92 Å². The van der Waals surface area contributed by atoms with Crippen molar-refractivity contribution in [1.82, 2.24) is 20.4 Å². The zero-order valence-electron chi connectivity index (χ0n) is 17.8. The van der Waals surface area contributed by atoms with E-state index in [1.54, 1.807) is 4.88 Å². The highest BCUT2D eigenvalue weighted by Gasteiger charge is 2.32. The maximum absolute atomic E-state index is 12.7. The number of hydrogen-bond acceptors (Lipinski definition) is 4. The van der Waals surface area contributed by atoms with E-state index in [1.807, 2.05) is 18.4 Å². The van der Waals surface area contributed by atoms with Gasteiger partial charge in [-0.3, -0.25) is 14.7 Å². The van der Waals surface area contributed by atoms with Crippen molar-refractivity contribution < 1.29 is 4.79 Å². The Bertz CT molecular complexity index is 727. The van der Waals surface area contributed by atoms with Crippen LogP contribution < -0.4 is 10.6 Å². The molecule has 3 aliphatic rings. The monoisotopic (exact) mass is 417 g/mol. The van der Waals surface area contributed by atoms with Crippen molar-refractivity contribution in [1.29, 1.82) is 0 Å². The molecule has 0 bridgehead atoms. The van der Waals surface area contributed by atoms with Crippen molar-refractivity contribution in [2.24, 2.45) is 10.9 Å². The minimum atomic E-state index is 0.278. The standard InChI is InChI=1S/C22H35N5OS/c1-16(26-11-8-20-18(14-26)9-12-29-20)13-24-22(23-2)25-19-7-10-27(15-19)21(28)17-5-3-4-6-17/h9,12,16-17,19H,3-8,10-11,13-15H2,1-2H3,(H2,23,24,25). The molecular weight excluding hydrogens is 382 g/mol. The summed E-state index contributed by atoms with van der Waals surface area (Å²) in [5.74, 6) is 1.51. The zero-order valence-corrected chi connectivity index (χ0v) is 18.6. The number of fused-ring (bicyclic) bond motifs is 1. The smallest absolute Gasteiger partial charge is 0.225 e. The lowest BCUT2D eigenvalue weighted by Gasteiger charge is -2.33. The van der Waals surface area contributed by atoms with Gasteiger partial charge < -0.3 is 15.5 Å². The number of guanidine groups is 1. The fourth-order valence-electron chi connectivity index (χ4n) is 4.92. The number of likely N-dealkylation sites (tertiary alicyclic amines) is 1. The normalized spacial score (nSPS) is 24.6. The van der Waals surface area contributed by atoms with Crippen molar-refractivity contribution >= 4 is 23.2 Å². The lowest BCUT2D eigenvalue weighted by Crippen LogP contribution is -2.50. The van der Waals surface area contributed by atoms with Gasteiger partial charge in [0.2, 0.25) is 5.91 Å². The average molecular weight is 418 g/mol. The molecule has 0 spiro atoms. The highest BCUT2D eigenvalue weighted by Crippen LogP contribution is 2.28. The highest BCUT2D eigenvalue weighted by molar-refractivity contribution is 7.10. The fraction of sp³-hybridized carbons (Fsp3) is 0.727. The molecule has 2 aliphatic heterocycles. The summed E-state index contributed by atoms with van der Waals surface area (Å²) in [4.78, 5) is 23.2. The van der Waals surface area contributed by atoms with Gasteiger partial charge in [0.25, 0.3) is 0 Å². The molecule has 1 aromatic heterocycles. The van der Waals surface area contributed by atoms with Gasteiger partial charge in [-0.05, 0) is 49.6 Å². The quantitative estimate of drug-likeness (QED) is 0.571. The third-order valence-electron chi connectivity index (χ3n) is 6.79. The summed E-state index contributed by atoms with van der Waals surface area (Å²) in [5, 5.41) is 9.26. The maximum Gasteiger partial charge on any atom is 0.225 e. The van der Waals surface area contributed by atoms with Crippen LogP contribution in [0.4, 0.5) is 0 Å². The number of amides is 1. The molecule has 2 atom stereocenters. The second-order valence-electron chi connectivity index (χ2n) is 8.79. The Hall–Kier alpha value is -1.60. The number of hydrogen-bond donors (Lipinski definition) is 2. The minimum absolute atomic E-state index is 0.278. The lowest BCUT2D eigenvalue weighted by atomic mass is 10.1. The number of nitrogens with zero attached hydrogens (tertiary/aromatic N) is 3. The first-order chi connectivity index (χ1) is 14.1. The molecule has 2 fully saturated rings. The van der Waals surface area contributed by atoms with Gasteiger partial charge in [-0.15, -0.1) is 11.3 Å². The molecule has 1 aliphatic carbocycles. The molecule has 0 aromatic carbocycles. The van der Waals surface area contributed by atoms with Crippen molar-refractivity contribution in [2.75, 3.05) is 33.2 Å². The first-order valence-corrected chi connectivity index (χ1v) is 12.1. The number of carbonyl (C=O) groups excluding carboxylic acids is 1. The SMILES string of the molecule is CN=C(NCC(C)N1CCc2sccc2C1)NC1CCN(C(=O)C2CCCC2)C1. The highest BCUT2D eigenvalue weighted by atomic mass is 32.1. The van der Waals surface area contributed by atoms with E-state index in [9.17, 15) is 4.79 Å². The molecule has 6 nitrogen and oxygen atoms in total. The third-order valence-corrected chi connectivity index (χ3v) is 7.82. The fourth-order valence-corrected chi connectivity index (χ4v) is 5.81. The summed E-state index contributed by atoms with van der Waals surface area (Å²) in [7, 11) is 1.83. The van der Waals surface area contributed by atoms with Gasteiger partial charge >= 0.3 is 0 Å². The molecule has 1 saturated carbocycles. The van der Waals surface area contributed by atoms with Crippen LogP contribution in [0.5, 0.6) is 0 Å².